The summed E-state index contributed by atoms with van der Waals surface area (Å²) in [5.41, 5.74) is -1.15. The van der Waals surface area contributed by atoms with Gasteiger partial charge in [-0.1, -0.05) is 24.8 Å². The summed E-state index contributed by atoms with van der Waals surface area (Å²) < 4.78 is 42.8. The topological polar surface area (TPSA) is 141 Å². The van der Waals surface area contributed by atoms with E-state index in [1.807, 2.05) is 0 Å². The zero-order valence-corrected chi connectivity index (χ0v) is 19.8. The Kier molecular flexibility index (Phi) is 7.29. The SMILES string of the molecule is CC(C)=CC(=O)OCn1c(=O)ccn([C@@H]2O[C@](F)(COC(=O)C3CCCCC3)[C@H]3OC(=O)O[C@@H]23)c1=O. The number of allylic oxidation sites excluding steroid dienone is 1. The number of esters is 2. The molecule has 0 N–H and O–H groups in total. The van der Waals surface area contributed by atoms with E-state index in [1.54, 1.807) is 13.8 Å². The van der Waals surface area contributed by atoms with E-state index in [9.17, 15) is 24.0 Å². The minimum atomic E-state index is -2.80. The summed E-state index contributed by atoms with van der Waals surface area (Å²) in [5, 5.41) is 0. The molecule has 0 bridgehead atoms. The molecular weight excluding hydrogens is 483 g/mol. The molecule has 196 valence electrons. The highest BCUT2D eigenvalue weighted by atomic mass is 19.2. The number of alkyl halides is 1. The molecule has 2 saturated heterocycles. The molecule has 3 aliphatic rings. The lowest BCUT2D eigenvalue weighted by Crippen LogP contribution is -2.43. The van der Waals surface area contributed by atoms with Gasteiger partial charge in [0.25, 0.3) is 11.4 Å². The van der Waals surface area contributed by atoms with Crippen LogP contribution in [0.1, 0.15) is 52.2 Å². The van der Waals surface area contributed by atoms with Crippen molar-refractivity contribution in [2.24, 2.45) is 5.92 Å². The van der Waals surface area contributed by atoms with Crippen molar-refractivity contribution in [3.8, 4) is 0 Å². The van der Waals surface area contributed by atoms with Crippen LogP contribution in [0.3, 0.4) is 0 Å². The maximum Gasteiger partial charge on any atom is 0.509 e. The first kappa shape index (κ1) is 25.6. The van der Waals surface area contributed by atoms with Crippen LogP contribution in [-0.4, -0.2) is 51.9 Å². The fourth-order valence-electron chi connectivity index (χ4n) is 4.45. The standard InChI is InChI=1S/C23H27FN2O10/c1-13(2)10-16(28)33-12-26-15(27)8-9-25(21(26)30)19-17-18(35-22(31)34-17)23(24,36-19)11-32-20(29)14-6-4-3-5-7-14/h8-10,14,17-19H,3-7,11-12H2,1-2H3/t17-,18+,19-,23-/m1/s1. The van der Waals surface area contributed by atoms with Crippen LogP contribution in [0.15, 0.2) is 33.5 Å². The van der Waals surface area contributed by atoms with Crippen molar-refractivity contribution in [2.75, 3.05) is 6.61 Å². The van der Waals surface area contributed by atoms with E-state index in [-0.39, 0.29) is 5.92 Å². The molecule has 0 aromatic carbocycles. The predicted molar refractivity (Wildman–Crippen MR) is 117 cm³/mol. The summed E-state index contributed by atoms with van der Waals surface area (Å²) in [6, 6.07) is 0.980. The maximum absolute atomic E-state index is 15.9. The summed E-state index contributed by atoms with van der Waals surface area (Å²) >= 11 is 0. The molecule has 36 heavy (non-hydrogen) atoms. The maximum atomic E-state index is 15.9. The van der Waals surface area contributed by atoms with Crippen molar-refractivity contribution in [3.05, 3.63) is 44.8 Å². The lowest BCUT2D eigenvalue weighted by Gasteiger charge is -2.25. The van der Waals surface area contributed by atoms with Crippen molar-refractivity contribution in [1.29, 1.82) is 0 Å². The van der Waals surface area contributed by atoms with Crippen LogP contribution in [-0.2, 0) is 40.0 Å². The average Bonchev–Trinajstić information content (AvgIpc) is 3.34. The van der Waals surface area contributed by atoms with E-state index in [0.29, 0.717) is 23.0 Å². The zero-order chi connectivity index (χ0) is 26.0. The number of carbonyl (C=O) groups is 3. The quantitative estimate of drug-likeness (QED) is 0.302. The molecule has 0 spiro atoms. The smallest absolute Gasteiger partial charge is 0.459 e. The molecule has 12 nitrogen and oxygen atoms in total. The Bertz CT molecular complexity index is 1180. The highest BCUT2D eigenvalue weighted by Crippen LogP contribution is 2.45. The van der Waals surface area contributed by atoms with Crippen molar-refractivity contribution in [2.45, 2.75) is 77.0 Å². The van der Waals surface area contributed by atoms with Crippen molar-refractivity contribution in [1.82, 2.24) is 9.13 Å². The molecular formula is C23H27FN2O10. The van der Waals surface area contributed by atoms with E-state index in [4.69, 9.17) is 23.7 Å². The van der Waals surface area contributed by atoms with Gasteiger partial charge in [-0.3, -0.25) is 14.2 Å². The van der Waals surface area contributed by atoms with Gasteiger partial charge in [0.15, 0.2) is 25.7 Å². The number of halogens is 1. The van der Waals surface area contributed by atoms with Crippen molar-refractivity contribution in [3.63, 3.8) is 0 Å². The Hall–Kier alpha value is -3.48. The van der Waals surface area contributed by atoms with Gasteiger partial charge in [0.05, 0.1) is 5.92 Å². The van der Waals surface area contributed by atoms with Gasteiger partial charge in [-0.15, -0.1) is 0 Å². The molecule has 4 atom stereocenters. The summed E-state index contributed by atoms with van der Waals surface area (Å²) in [4.78, 5) is 61.3. The van der Waals surface area contributed by atoms with Gasteiger partial charge in [-0.2, -0.15) is 0 Å². The Balaban J connectivity index is 1.54. The zero-order valence-electron chi connectivity index (χ0n) is 19.8. The van der Waals surface area contributed by atoms with Crippen LogP contribution in [0, 0.1) is 5.92 Å². The number of rotatable bonds is 7. The van der Waals surface area contributed by atoms with E-state index >= 15 is 4.39 Å². The Morgan fingerprint density at radius 2 is 1.86 bits per heavy atom. The first-order valence-corrected chi connectivity index (χ1v) is 11.6. The van der Waals surface area contributed by atoms with Crippen LogP contribution in [0.25, 0.3) is 0 Å². The monoisotopic (exact) mass is 510 g/mol. The average molecular weight is 510 g/mol. The van der Waals surface area contributed by atoms with Gasteiger partial charge in [-0.05, 0) is 26.7 Å². The number of aromatic nitrogens is 2. The summed E-state index contributed by atoms with van der Waals surface area (Å²) in [5.74, 6) is -4.50. The highest BCUT2D eigenvalue weighted by molar-refractivity contribution is 5.82. The second-order valence-corrected chi connectivity index (χ2v) is 9.19. The van der Waals surface area contributed by atoms with Gasteiger partial charge < -0.3 is 23.7 Å². The van der Waals surface area contributed by atoms with Crippen LogP contribution < -0.4 is 11.2 Å². The molecule has 2 aliphatic heterocycles. The molecule has 0 radical (unpaired) electrons. The Labute approximate surface area is 204 Å². The normalized spacial score (nSPS) is 27.5. The van der Waals surface area contributed by atoms with E-state index in [1.165, 1.54) is 6.08 Å². The van der Waals surface area contributed by atoms with Gasteiger partial charge in [0.1, 0.15) is 0 Å². The van der Waals surface area contributed by atoms with E-state index < -0.39 is 67.0 Å². The summed E-state index contributed by atoms with van der Waals surface area (Å²) in [6.45, 7) is 1.73. The minimum absolute atomic E-state index is 0.349. The molecule has 13 heteroatoms. The molecule has 0 amide bonds. The van der Waals surface area contributed by atoms with Gasteiger partial charge in [0, 0.05) is 18.3 Å². The van der Waals surface area contributed by atoms with Crippen molar-refractivity contribution >= 4 is 18.1 Å². The highest BCUT2D eigenvalue weighted by Gasteiger charge is 2.65. The minimum Gasteiger partial charge on any atom is -0.459 e. The first-order valence-electron chi connectivity index (χ1n) is 11.6. The summed E-state index contributed by atoms with van der Waals surface area (Å²) in [6.07, 6.45) is 0.486. The van der Waals surface area contributed by atoms with E-state index in [0.717, 1.165) is 36.1 Å². The van der Waals surface area contributed by atoms with Gasteiger partial charge in [0.2, 0.25) is 6.10 Å². The number of fused-ring (bicyclic) bond motifs is 1. The third-order valence-corrected chi connectivity index (χ3v) is 6.24. The molecule has 1 aromatic rings. The largest absolute Gasteiger partial charge is 0.509 e. The summed E-state index contributed by atoms with van der Waals surface area (Å²) in [7, 11) is 0. The molecule has 0 unspecified atom stereocenters. The lowest BCUT2D eigenvalue weighted by molar-refractivity contribution is -0.221. The second-order valence-electron chi connectivity index (χ2n) is 9.19. The number of carbonyl (C=O) groups excluding carboxylic acids is 3. The number of hydrogen-bond donors (Lipinski definition) is 0. The van der Waals surface area contributed by atoms with Crippen LogP contribution in [0.5, 0.6) is 0 Å². The van der Waals surface area contributed by atoms with Gasteiger partial charge in [-0.25, -0.2) is 23.3 Å². The van der Waals surface area contributed by atoms with Gasteiger partial charge >= 0.3 is 23.8 Å². The number of nitrogens with zero attached hydrogens (tertiary/aromatic N) is 2. The van der Waals surface area contributed by atoms with Crippen molar-refractivity contribution < 1.29 is 42.5 Å². The van der Waals surface area contributed by atoms with E-state index in [2.05, 4.69) is 0 Å². The fraction of sp³-hybridized carbons (Fsp3) is 0.609. The Morgan fingerprint density at radius 1 is 1.14 bits per heavy atom. The van der Waals surface area contributed by atoms with Crippen LogP contribution in [0.2, 0.25) is 0 Å². The Morgan fingerprint density at radius 3 is 2.56 bits per heavy atom. The molecule has 1 aliphatic carbocycles. The van der Waals surface area contributed by atoms with Crippen LogP contribution >= 0.6 is 0 Å². The molecule has 3 fully saturated rings. The lowest BCUT2D eigenvalue weighted by atomic mass is 9.89. The molecule has 1 aromatic heterocycles. The number of ether oxygens (including phenoxy) is 5. The predicted octanol–water partition coefficient (Wildman–Crippen LogP) is 1.70. The molecule has 3 heterocycles. The fourth-order valence-corrected chi connectivity index (χ4v) is 4.45. The second kappa shape index (κ2) is 10.2. The molecule has 1 saturated carbocycles. The third-order valence-electron chi connectivity index (χ3n) is 6.24. The first-order chi connectivity index (χ1) is 17.1. The third kappa shape index (κ3) is 5.20. The molecule has 4 rings (SSSR count). The van der Waals surface area contributed by atoms with Crippen LogP contribution in [0.4, 0.5) is 9.18 Å². The number of hydrogen-bond acceptors (Lipinski definition) is 10.